The van der Waals surface area contributed by atoms with Crippen LogP contribution in [0, 0.1) is 0 Å². The van der Waals surface area contributed by atoms with Crippen LogP contribution < -0.4 is 9.47 Å². The zero-order chi connectivity index (χ0) is 47.6. The van der Waals surface area contributed by atoms with Crippen molar-refractivity contribution in [3.63, 3.8) is 0 Å². The van der Waals surface area contributed by atoms with Gasteiger partial charge in [-0.15, -0.1) is 0 Å². The molecule has 2 unspecified atom stereocenters. The molecule has 0 saturated heterocycles. The summed E-state index contributed by atoms with van der Waals surface area (Å²) in [5.74, 6) is 0.118. The molecule has 0 amide bonds. The lowest BCUT2D eigenvalue weighted by molar-refractivity contribution is -0.145. The van der Waals surface area contributed by atoms with E-state index in [1.807, 2.05) is 72.8 Å². The molecule has 10 nitrogen and oxygen atoms in total. The molecular formula is C56H72N2O8. The number of nitrogens with zero attached hydrogens (tertiary/aromatic N) is 2. The van der Waals surface area contributed by atoms with E-state index in [0.717, 1.165) is 48.2 Å². The van der Waals surface area contributed by atoms with Crippen molar-refractivity contribution >= 4 is 23.9 Å². The highest BCUT2D eigenvalue weighted by molar-refractivity contribution is 5.76. The summed E-state index contributed by atoms with van der Waals surface area (Å²) >= 11 is 0. The smallest absolute Gasteiger partial charge is 0.315 e. The van der Waals surface area contributed by atoms with Crippen molar-refractivity contribution in [3.05, 3.63) is 143 Å². The van der Waals surface area contributed by atoms with Gasteiger partial charge in [-0.1, -0.05) is 84.9 Å². The number of hydrogen-bond donors (Lipinski definition) is 0. The van der Waals surface area contributed by atoms with Gasteiger partial charge in [-0.05, 0) is 141 Å². The second kappa shape index (κ2) is 25.9. The summed E-state index contributed by atoms with van der Waals surface area (Å²) in [5, 5.41) is 0. The average Bonchev–Trinajstić information content (AvgIpc) is 3.32. The molecule has 0 fully saturated rings. The summed E-state index contributed by atoms with van der Waals surface area (Å²) in [7, 11) is 0. The average molecular weight is 901 g/mol. The van der Waals surface area contributed by atoms with Gasteiger partial charge in [0.25, 0.3) is 0 Å². The van der Waals surface area contributed by atoms with Crippen molar-refractivity contribution in [2.75, 3.05) is 13.1 Å². The van der Waals surface area contributed by atoms with E-state index in [0.29, 0.717) is 61.3 Å². The van der Waals surface area contributed by atoms with E-state index in [1.54, 1.807) is 12.2 Å². The van der Waals surface area contributed by atoms with Crippen LogP contribution in [0.3, 0.4) is 0 Å². The van der Waals surface area contributed by atoms with E-state index in [1.165, 1.54) is 11.1 Å². The van der Waals surface area contributed by atoms with Gasteiger partial charge < -0.3 is 18.9 Å². The number of rotatable bonds is 14. The molecule has 0 aliphatic carbocycles. The van der Waals surface area contributed by atoms with Crippen LogP contribution in [0.2, 0.25) is 0 Å². The fourth-order valence-electron chi connectivity index (χ4n) is 8.96. The minimum atomic E-state index is -0.342. The maximum atomic E-state index is 12.6. The van der Waals surface area contributed by atoms with Gasteiger partial charge >= 0.3 is 23.9 Å². The summed E-state index contributed by atoms with van der Waals surface area (Å²) in [4.78, 5) is 54.1. The molecule has 4 aliphatic rings. The lowest BCUT2D eigenvalue weighted by Gasteiger charge is -2.32. The number of carbonyl (C=O) groups excluding carboxylic acids is 4. The third-order valence-electron chi connectivity index (χ3n) is 12.3. The molecule has 354 valence electrons. The first-order valence-electron chi connectivity index (χ1n) is 23.9. The van der Waals surface area contributed by atoms with Crippen LogP contribution in [0.5, 0.6) is 11.5 Å². The summed E-state index contributed by atoms with van der Waals surface area (Å²) in [6, 6.07) is 33.9. The van der Waals surface area contributed by atoms with Gasteiger partial charge in [-0.25, -0.2) is 0 Å². The van der Waals surface area contributed by atoms with Crippen molar-refractivity contribution in [2.24, 2.45) is 0 Å². The Morgan fingerprint density at radius 1 is 0.470 bits per heavy atom. The molecule has 4 aromatic rings. The summed E-state index contributed by atoms with van der Waals surface area (Å²) < 4.78 is 22.6. The number of hydrogen-bond acceptors (Lipinski definition) is 10. The van der Waals surface area contributed by atoms with Gasteiger partial charge in [-0.2, -0.15) is 0 Å². The monoisotopic (exact) mass is 901 g/mol. The van der Waals surface area contributed by atoms with Gasteiger partial charge in [0.15, 0.2) is 0 Å². The van der Waals surface area contributed by atoms with Crippen LogP contribution >= 0.6 is 0 Å². The number of carbonyl (C=O) groups is 4. The highest BCUT2D eigenvalue weighted by atomic mass is 16.5. The molecule has 0 spiro atoms. The fourth-order valence-corrected chi connectivity index (χ4v) is 8.96. The summed E-state index contributed by atoms with van der Waals surface area (Å²) in [6.07, 6.45) is 7.17. The summed E-state index contributed by atoms with van der Waals surface area (Å²) in [5.41, 5.74) is 6.05. The van der Waals surface area contributed by atoms with Crippen molar-refractivity contribution in [1.82, 2.24) is 9.80 Å². The van der Waals surface area contributed by atoms with E-state index >= 15 is 0 Å². The maximum absolute atomic E-state index is 12.6. The van der Waals surface area contributed by atoms with Gasteiger partial charge in [0.1, 0.15) is 24.7 Å². The molecule has 4 aromatic carbocycles. The Bertz CT molecular complexity index is 2180. The Balaban J connectivity index is 0.000000247. The third-order valence-corrected chi connectivity index (χ3v) is 12.3. The van der Waals surface area contributed by atoms with Crippen molar-refractivity contribution in [1.29, 1.82) is 0 Å². The van der Waals surface area contributed by atoms with Crippen LogP contribution in [0.15, 0.2) is 109 Å². The van der Waals surface area contributed by atoms with Gasteiger partial charge in [0, 0.05) is 60.0 Å². The molecule has 66 heavy (non-hydrogen) atoms. The van der Waals surface area contributed by atoms with Crippen LogP contribution in [0.25, 0.3) is 0 Å². The zero-order valence-corrected chi connectivity index (χ0v) is 40.5. The Kier molecular flexibility index (Phi) is 20.2. The van der Waals surface area contributed by atoms with E-state index < -0.39 is 0 Å². The molecular weight excluding hydrogens is 829 g/mol. The topological polar surface area (TPSA) is 112 Å². The first-order valence-corrected chi connectivity index (χ1v) is 23.9. The molecule has 0 saturated carbocycles. The SMILES string of the molecule is CC(C)N(CCC(c1ccccc1)c1cc2ccc1OC(=O)CC=CCC(=O)OC2)C(C)C.CC(C)N(CCC(c1ccccc1)c1cc2ccc1OC(=O)CCCCC(=O)OC2)C(C)C. The second-order valence-corrected chi connectivity index (χ2v) is 18.5. The van der Waals surface area contributed by atoms with Gasteiger partial charge in [-0.3, -0.25) is 29.0 Å². The predicted molar refractivity (Wildman–Crippen MR) is 260 cm³/mol. The molecule has 8 rings (SSSR count). The van der Waals surface area contributed by atoms with Crippen LogP contribution in [0.4, 0.5) is 0 Å². The number of fused-ring (bicyclic) bond motifs is 19. The molecule has 2 atom stereocenters. The molecule has 10 heteroatoms. The number of benzene rings is 4. The maximum Gasteiger partial charge on any atom is 0.315 e. The Hall–Kier alpha value is -5.58. The molecule has 4 aliphatic heterocycles. The highest BCUT2D eigenvalue weighted by Crippen LogP contribution is 2.38. The minimum Gasteiger partial charge on any atom is -0.461 e. The molecule has 0 N–H and O–H groups in total. The minimum absolute atomic E-state index is 0.0327. The van der Waals surface area contributed by atoms with E-state index in [2.05, 4.69) is 89.5 Å². The first kappa shape index (κ1) is 51.4. The first-order chi connectivity index (χ1) is 31.7. The second-order valence-electron chi connectivity index (χ2n) is 18.5. The predicted octanol–water partition coefficient (Wildman–Crippen LogP) is 11.5. The van der Waals surface area contributed by atoms with Crippen LogP contribution in [0.1, 0.15) is 152 Å². The highest BCUT2D eigenvalue weighted by Gasteiger charge is 2.26. The van der Waals surface area contributed by atoms with Crippen molar-refractivity contribution < 1.29 is 38.1 Å². The zero-order valence-electron chi connectivity index (χ0n) is 40.5. The molecule has 0 aromatic heterocycles. The fraction of sp³-hybridized carbons (Fsp3) is 0.464. The Labute approximate surface area is 393 Å². The number of ether oxygens (including phenoxy) is 4. The third kappa shape index (κ3) is 15.8. The van der Waals surface area contributed by atoms with E-state index in [9.17, 15) is 19.2 Å². The Morgan fingerprint density at radius 2 is 0.864 bits per heavy atom. The van der Waals surface area contributed by atoms with E-state index in [4.69, 9.17) is 18.9 Å². The van der Waals surface area contributed by atoms with E-state index in [-0.39, 0.29) is 61.8 Å². The normalized spacial score (nSPS) is 16.0. The lowest BCUT2D eigenvalue weighted by atomic mass is 9.86. The van der Waals surface area contributed by atoms with Gasteiger partial charge in [0.2, 0.25) is 0 Å². The molecule has 0 radical (unpaired) electrons. The lowest BCUT2D eigenvalue weighted by Crippen LogP contribution is -2.38. The van der Waals surface area contributed by atoms with Crippen LogP contribution in [-0.2, 0) is 41.9 Å². The molecule has 4 bridgehead atoms. The number of esters is 4. The van der Waals surface area contributed by atoms with Crippen molar-refractivity contribution in [3.8, 4) is 11.5 Å². The Morgan fingerprint density at radius 3 is 1.30 bits per heavy atom. The standard InChI is InChI=1S/C28H37NO4.C28H35NO4/c2*1-20(2)29(21(3)4)17-16-24(23-10-6-5-7-11-23)25-18-22-14-15-26(25)33-28(31)13-9-8-12-27(30)32-19-22/h5-7,10-11,14-15,18,20-21,24H,8-9,12-13,16-17,19H2,1-4H3;5-11,14-15,18,20-21,24H,12-13,16-17,19H2,1-4H3. The summed E-state index contributed by atoms with van der Waals surface area (Å²) in [6.45, 7) is 20.0. The molecule has 4 heterocycles. The largest absolute Gasteiger partial charge is 0.461 e. The quantitative estimate of drug-likeness (QED) is 0.0689. The van der Waals surface area contributed by atoms with Crippen molar-refractivity contribution in [2.45, 2.75) is 156 Å². The van der Waals surface area contributed by atoms with Gasteiger partial charge in [0.05, 0.1) is 12.8 Å². The van der Waals surface area contributed by atoms with Crippen LogP contribution in [-0.4, -0.2) is 70.9 Å².